The standard InChI is InChI=1S/C28H26F3N5O4/c1-15-11-17(12-20(33-15)25(30)31)23-24(16-7-9-18(29)10-8-16)35-27(32)36-26(23)39-13-19-5-4-6-21(34-19)28(2,3)40-14-22(37)38/h4-12,25H,13-14H2,1-3H3,(H,37,38)(H2,32,35,36). The van der Waals surface area contributed by atoms with E-state index in [1.807, 2.05) is 0 Å². The van der Waals surface area contributed by atoms with Gasteiger partial charge in [-0.3, -0.25) is 9.97 Å². The van der Waals surface area contributed by atoms with Crippen molar-refractivity contribution in [3.05, 3.63) is 83.2 Å². The number of aryl methyl sites for hydroxylation is 1. The first-order valence-corrected chi connectivity index (χ1v) is 12.1. The minimum atomic E-state index is -2.83. The van der Waals surface area contributed by atoms with Crippen LogP contribution in [0.2, 0.25) is 0 Å². The summed E-state index contributed by atoms with van der Waals surface area (Å²) in [4.78, 5) is 28.0. The van der Waals surface area contributed by atoms with E-state index in [0.717, 1.165) is 0 Å². The van der Waals surface area contributed by atoms with Crippen LogP contribution >= 0.6 is 0 Å². The Kier molecular flexibility index (Phi) is 8.29. The Morgan fingerprint density at radius 2 is 1.75 bits per heavy atom. The molecule has 3 aromatic heterocycles. The van der Waals surface area contributed by atoms with E-state index in [-0.39, 0.29) is 29.7 Å². The van der Waals surface area contributed by atoms with Crippen LogP contribution in [0.4, 0.5) is 19.1 Å². The maximum absolute atomic E-state index is 13.7. The highest BCUT2D eigenvalue weighted by atomic mass is 19.3. The number of carboxylic acids is 1. The number of carbonyl (C=O) groups is 1. The van der Waals surface area contributed by atoms with E-state index in [0.29, 0.717) is 28.2 Å². The minimum absolute atomic E-state index is 0.00812. The third kappa shape index (κ3) is 6.70. The van der Waals surface area contributed by atoms with Gasteiger partial charge in [-0.15, -0.1) is 0 Å². The number of hydrogen-bond donors (Lipinski definition) is 2. The molecule has 208 valence electrons. The number of alkyl halides is 2. The van der Waals surface area contributed by atoms with Gasteiger partial charge in [0.15, 0.2) is 0 Å². The molecular weight excluding hydrogens is 527 g/mol. The van der Waals surface area contributed by atoms with Gasteiger partial charge in [0.05, 0.1) is 22.6 Å². The molecule has 4 aromatic rings. The summed E-state index contributed by atoms with van der Waals surface area (Å²) < 4.78 is 52.5. The second-order valence-electron chi connectivity index (χ2n) is 9.34. The van der Waals surface area contributed by atoms with E-state index in [1.165, 1.54) is 30.3 Å². The first-order valence-electron chi connectivity index (χ1n) is 12.1. The Bertz CT molecular complexity index is 1530. The molecule has 0 bridgehead atoms. The van der Waals surface area contributed by atoms with E-state index < -0.39 is 36.1 Å². The highest BCUT2D eigenvalue weighted by Gasteiger charge is 2.25. The zero-order valence-electron chi connectivity index (χ0n) is 21.9. The van der Waals surface area contributed by atoms with Gasteiger partial charge in [0, 0.05) is 11.3 Å². The molecule has 0 unspecified atom stereocenters. The zero-order chi connectivity index (χ0) is 29.0. The van der Waals surface area contributed by atoms with Crippen LogP contribution in [0.25, 0.3) is 22.4 Å². The number of halogens is 3. The lowest BCUT2D eigenvalue weighted by Gasteiger charge is -2.24. The molecule has 3 N–H and O–H groups in total. The fourth-order valence-corrected chi connectivity index (χ4v) is 3.94. The lowest BCUT2D eigenvalue weighted by Crippen LogP contribution is -2.26. The van der Waals surface area contributed by atoms with Crippen molar-refractivity contribution in [2.24, 2.45) is 0 Å². The Labute approximate surface area is 227 Å². The molecular formula is C28H26F3N5O4. The Morgan fingerprint density at radius 1 is 1.02 bits per heavy atom. The van der Waals surface area contributed by atoms with Crippen molar-refractivity contribution < 1.29 is 32.5 Å². The van der Waals surface area contributed by atoms with Gasteiger partial charge in [-0.25, -0.2) is 22.9 Å². The summed E-state index contributed by atoms with van der Waals surface area (Å²) >= 11 is 0. The number of hydrogen-bond acceptors (Lipinski definition) is 8. The van der Waals surface area contributed by atoms with Gasteiger partial charge in [0.1, 0.15) is 30.3 Å². The number of pyridine rings is 2. The summed E-state index contributed by atoms with van der Waals surface area (Å²) in [6.07, 6.45) is -2.83. The molecule has 0 aliphatic carbocycles. The molecule has 4 rings (SSSR count). The molecule has 0 fully saturated rings. The van der Waals surface area contributed by atoms with Crippen LogP contribution < -0.4 is 10.5 Å². The molecule has 12 heteroatoms. The maximum Gasteiger partial charge on any atom is 0.329 e. The number of nitrogens with two attached hydrogens (primary N) is 1. The summed E-state index contributed by atoms with van der Waals surface area (Å²) in [6.45, 7) is 4.34. The van der Waals surface area contributed by atoms with Crippen LogP contribution in [0.15, 0.2) is 54.6 Å². The number of benzene rings is 1. The number of anilines is 1. The first kappa shape index (κ1) is 28.4. The van der Waals surface area contributed by atoms with Crippen molar-refractivity contribution in [2.75, 3.05) is 12.3 Å². The van der Waals surface area contributed by atoms with E-state index >= 15 is 0 Å². The van der Waals surface area contributed by atoms with Gasteiger partial charge in [0.2, 0.25) is 11.8 Å². The fraction of sp³-hybridized carbons (Fsp3) is 0.250. The average molecular weight is 554 g/mol. The van der Waals surface area contributed by atoms with E-state index in [4.69, 9.17) is 20.3 Å². The van der Waals surface area contributed by atoms with Crippen molar-refractivity contribution in [1.29, 1.82) is 0 Å². The van der Waals surface area contributed by atoms with Gasteiger partial charge < -0.3 is 20.3 Å². The van der Waals surface area contributed by atoms with Crippen LogP contribution in [0.1, 0.15) is 43.0 Å². The number of rotatable bonds is 10. The van der Waals surface area contributed by atoms with Crippen molar-refractivity contribution in [2.45, 2.75) is 39.4 Å². The number of carboxylic acid groups (broad SMARTS) is 1. The van der Waals surface area contributed by atoms with E-state index in [9.17, 15) is 18.0 Å². The minimum Gasteiger partial charge on any atom is -0.480 e. The smallest absolute Gasteiger partial charge is 0.329 e. The Balaban J connectivity index is 1.77. The van der Waals surface area contributed by atoms with Crippen molar-refractivity contribution in [3.8, 4) is 28.3 Å². The van der Waals surface area contributed by atoms with Crippen LogP contribution in [0.3, 0.4) is 0 Å². The van der Waals surface area contributed by atoms with Gasteiger partial charge in [-0.05, 0) is 74.9 Å². The Hall–Kier alpha value is -4.58. The summed E-state index contributed by atoms with van der Waals surface area (Å²) in [5.74, 6) is -1.74. The zero-order valence-corrected chi connectivity index (χ0v) is 21.9. The summed E-state index contributed by atoms with van der Waals surface area (Å²) in [7, 11) is 0. The SMILES string of the molecule is Cc1cc(-c2c(OCc3cccc(C(C)(C)OCC(=O)O)n3)nc(N)nc2-c2ccc(F)cc2)cc(C(F)F)n1. The van der Waals surface area contributed by atoms with Crippen LogP contribution in [-0.4, -0.2) is 37.6 Å². The van der Waals surface area contributed by atoms with Crippen molar-refractivity contribution in [1.82, 2.24) is 19.9 Å². The van der Waals surface area contributed by atoms with Gasteiger partial charge in [-0.2, -0.15) is 4.98 Å². The molecule has 0 amide bonds. The fourth-order valence-electron chi connectivity index (χ4n) is 3.94. The molecule has 0 spiro atoms. The topological polar surface area (TPSA) is 133 Å². The number of aliphatic carboxylic acids is 1. The predicted octanol–water partition coefficient (Wildman–Crippen LogP) is 5.48. The molecule has 0 saturated carbocycles. The maximum atomic E-state index is 13.7. The van der Waals surface area contributed by atoms with Crippen molar-refractivity contribution >= 4 is 11.9 Å². The summed E-state index contributed by atoms with van der Waals surface area (Å²) in [5.41, 5.74) is 7.08. The van der Waals surface area contributed by atoms with Gasteiger partial charge in [-0.1, -0.05) is 6.07 Å². The van der Waals surface area contributed by atoms with Crippen LogP contribution in [0, 0.1) is 12.7 Å². The highest BCUT2D eigenvalue weighted by Crippen LogP contribution is 2.39. The number of nitrogens with zero attached hydrogens (tertiary/aromatic N) is 4. The van der Waals surface area contributed by atoms with Gasteiger partial charge in [0.25, 0.3) is 6.43 Å². The molecule has 0 radical (unpaired) electrons. The molecule has 0 aliphatic heterocycles. The normalized spacial score (nSPS) is 11.6. The predicted molar refractivity (Wildman–Crippen MR) is 140 cm³/mol. The molecule has 0 aliphatic rings. The largest absolute Gasteiger partial charge is 0.480 e. The van der Waals surface area contributed by atoms with E-state index in [2.05, 4.69) is 19.9 Å². The van der Waals surface area contributed by atoms with E-state index in [1.54, 1.807) is 45.0 Å². The summed E-state index contributed by atoms with van der Waals surface area (Å²) in [6, 6.07) is 13.3. The molecule has 40 heavy (non-hydrogen) atoms. The number of nitrogen functional groups attached to an aromatic ring is 1. The first-order chi connectivity index (χ1) is 18.9. The quantitative estimate of drug-likeness (QED) is 0.262. The molecule has 1 aromatic carbocycles. The summed E-state index contributed by atoms with van der Waals surface area (Å²) in [5, 5.41) is 8.96. The third-order valence-corrected chi connectivity index (χ3v) is 5.83. The third-order valence-electron chi connectivity index (χ3n) is 5.83. The lowest BCUT2D eigenvalue weighted by atomic mass is 9.99. The monoisotopic (exact) mass is 553 g/mol. The molecule has 0 saturated heterocycles. The van der Waals surface area contributed by atoms with Crippen LogP contribution in [-0.2, 0) is 21.7 Å². The Morgan fingerprint density at radius 3 is 2.42 bits per heavy atom. The van der Waals surface area contributed by atoms with Crippen molar-refractivity contribution in [3.63, 3.8) is 0 Å². The number of ether oxygens (including phenoxy) is 2. The second-order valence-corrected chi connectivity index (χ2v) is 9.34. The average Bonchev–Trinajstić information content (AvgIpc) is 2.90. The molecule has 9 nitrogen and oxygen atoms in total. The van der Waals surface area contributed by atoms with Gasteiger partial charge >= 0.3 is 5.97 Å². The molecule has 3 heterocycles. The molecule has 0 atom stereocenters. The highest BCUT2D eigenvalue weighted by molar-refractivity contribution is 5.85. The second kappa shape index (κ2) is 11.7. The lowest BCUT2D eigenvalue weighted by molar-refractivity contribution is -0.148. The number of aromatic nitrogens is 4. The van der Waals surface area contributed by atoms with Crippen LogP contribution in [0.5, 0.6) is 5.88 Å².